The first-order valence-electron chi connectivity index (χ1n) is 7.89. The standard InChI is InChI=1S/C17H22N2O3/c1-22-13-6-4-12(5-7-13)17(10-2-3-11-17)19-16(21)14-8-9-15(20)18-14/h4-7,14H,2-3,8-11H2,1H3,(H,18,20)(H,19,21)/t14-/m0/s1. The summed E-state index contributed by atoms with van der Waals surface area (Å²) in [5, 5.41) is 5.96. The van der Waals surface area contributed by atoms with Crippen LogP contribution in [0, 0.1) is 0 Å². The van der Waals surface area contributed by atoms with Gasteiger partial charge in [-0.15, -0.1) is 0 Å². The van der Waals surface area contributed by atoms with Gasteiger partial charge in [0.05, 0.1) is 12.6 Å². The zero-order valence-corrected chi connectivity index (χ0v) is 12.9. The number of benzene rings is 1. The Balaban J connectivity index is 1.78. The highest BCUT2D eigenvalue weighted by Crippen LogP contribution is 2.39. The monoisotopic (exact) mass is 302 g/mol. The SMILES string of the molecule is COc1ccc(C2(NC(=O)[C@@H]3CCC(=O)N3)CCCC2)cc1. The molecule has 5 nitrogen and oxygen atoms in total. The summed E-state index contributed by atoms with van der Waals surface area (Å²) in [6.45, 7) is 0. The second-order valence-electron chi connectivity index (χ2n) is 6.17. The number of rotatable bonds is 4. The van der Waals surface area contributed by atoms with Crippen LogP contribution in [0.5, 0.6) is 5.75 Å². The van der Waals surface area contributed by atoms with Crippen molar-refractivity contribution in [3.63, 3.8) is 0 Å². The Morgan fingerprint density at radius 1 is 1.27 bits per heavy atom. The summed E-state index contributed by atoms with van der Waals surface area (Å²) in [5.74, 6) is 0.708. The highest BCUT2D eigenvalue weighted by Gasteiger charge is 2.39. The Hall–Kier alpha value is -2.04. The maximum absolute atomic E-state index is 12.5. The fourth-order valence-corrected chi connectivity index (χ4v) is 3.51. The summed E-state index contributed by atoms with van der Waals surface area (Å²) in [5.41, 5.74) is 0.805. The van der Waals surface area contributed by atoms with Gasteiger partial charge in [-0.05, 0) is 37.0 Å². The molecule has 1 aromatic carbocycles. The predicted octanol–water partition coefficient (Wildman–Crippen LogP) is 1.86. The van der Waals surface area contributed by atoms with Crippen LogP contribution in [0.3, 0.4) is 0 Å². The largest absolute Gasteiger partial charge is 0.497 e. The van der Waals surface area contributed by atoms with Crippen LogP contribution in [0.1, 0.15) is 44.1 Å². The van der Waals surface area contributed by atoms with Crippen molar-refractivity contribution < 1.29 is 14.3 Å². The van der Waals surface area contributed by atoms with Gasteiger partial charge in [-0.3, -0.25) is 9.59 Å². The molecule has 2 amide bonds. The summed E-state index contributed by atoms with van der Waals surface area (Å²) in [4.78, 5) is 23.8. The third-order valence-corrected chi connectivity index (χ3v) is 4.77. The quantitative estimate of drug-likeness (QED) is 0.892. The van der Waals surface area contributed by atoms with Crippen LogP contribution in [0.25, 0.3) is 0 Å². The van der Waals surface area contributed by atoms with Crippen LogP contribution in [0.2, 0.25) is 0 Å². The van der Waals surface area contributed by atoms with Crippen molar-refractivity contribution in [3.8, 4) is 5.75 Å². The van der Waals surface area contributed by atoms with Gasteiger partial charge >= 0.3 is 0 Å². The zero-order chi connectivity index (χ0) is 15.6. The molecule has 1 heterocycles. The van der Waals surface area contributed by atoms with E-state index < -0.39 is 0 Å². The van der Waals surface area contributed by atoms with Crippen LogP contribution < -0.4 is 15.4 Å². The molecule has 1 saturated carbocycles. The van der Waals surface area contributed by atoms with Crippen molar-refractivity contribution in [2.45, 2.75) is 50.1 Å². The number of ether oxygens (including phenoxy) is 1. The van der Waals surface area contributed by atoms with Crippen molar-refractivity contribution in [1.82, 2.24) is 10.6 Å². The number of carbonyl (C=O) groups is 2. The molecule has 2 fully saturated rings. The van der Waals surface area contributed by atoms with E-state index in [0.717, 1.165) is 37.0 Å². The normalized spacial score (nSPS) is 23.1. The lowest BCUT2D eigenvalue weighted by Gasteiger charge is -2.32. The van der Waals surface area contributed by atoms with E-state index in [2.05, 4.69) is 10.6 Å². The molecule has 0 unspecified atom stereocenters. The van der Waals surface area contributed by atoms with Gasteiger partial charge in [-0.25, -0.2) is 0 Å². The summed E-state index contributed by atoms with van der Waals surface area (Å²) < 4.78 is 5.20. The second-order valence-corrected chi connectivity index (χ2v) is 6.17. The lowest BCUT2D eigenvalue weighted by Crippen LogP contribution is -2.50. The fraction of sp³-hybridized carbons (Fsp3) is 0.529. The lowest BCUT2D eigenvalue weighted by molar-refractivity contribution is -0.127. The van der Waals surface area contributed by atoms with Gasteiger partial charge in [0.25, 0.3) is 0 Å². The van der Waals surface area contributed by atoms with Gasteiger partial charge in [0.15, 0.2) is 0 Å². The molecule has 22 heavy (non-hydrogen) atoms. The molecule has 1 aromatic rings. The fourth-order valence-electron chi connectivity index (χ4n) is 3.51. The molecule has 0 radical (unpaired) electrons. The van der Waals surface area contributed by atoms with Crippen molar-refractivity contribution in [1.29, 1.82) is 0 Å². The van der Waals surface area contributed by atoms with Gasteiger partial charge in [-0.2, -0.15) is 0 Å². The first-order chi connectivity index (χ1) is 10.6. The first kappa shape index (κ1) is 14.9. The summed E-state index contributed by atoms with van der Waals surface area (Å²) >= 11 is 0. The molecule has 0 bridgehead atoms. The third kappa shape index (κ3) is 2.80. The lowest BCUT2D eigenvalue weighted by atomic mass is 9.87. The summed E-state index contributed by atoms with van der Waals surface area (Å²) in [6, 6.07) is 7.52. The minimum absolute atomic E-state index is 0.0370. The predicted molar refractivity (Wildman–Crippen MR) is 82.4 cm³/mol. The molecule has 118 valence electrons. The zero-order valence-electron chi connectivity index (χ0n) is 12.9. The van der Waals surface area contributed by atoms with E-state index >= 15 is 0 Å². The Bertz CT molecular complexity index is 562. The maximum atomic E-state index is 12.5. The number of methoxy groups -OCH3 is 1. The molecule has 5 heteroatoms. The average molecular weight is 302 g/mol. The van der Waals surface area contributed by atoms with E-state index in [1.807, 2.05) is 24.3 Å². The molecule has 2 aliphatic rings. The number of carbonyl (C=O) groups excluding carboxylic acids is 2. The molecule has 0 aromatic heterocycles. The summed E-state index contributed by atoms with van der Waals surface area (Å²) in [6.07, 6.45) is 5.10. The van der Waals surface area contributed by atoms with E-state index in [4.69, 9.17) is 4.74 Å². The number of nitrogens with one attached hydrogen (secondary N) is 2. The van der Waals surface area contributed by atoms with Crippen LogP contribution in [0.4, 0.5) is 0 Å². The number of hydrogen-bond acceptors (Lipinski definition) is 3. The maximum Gasteiger partial charge on any atom is 0.243 e. The first-order valence-corrected chi connectivity index (χ1v) is 7.89. The van der Waals surface area contributed by atoms with Gasteiger partial charge in [-0.1, -0.05) is 25.0 Å². The minimum Gasteiger partial charge on any atom is -0.497 e. The van der Waals surface area contributed by atoms with E-state index in [1.165, 1.54) is 0 Å². The van der Waals surface area contributed by atoms with Crippen molar-refractivity contribution in [2.75, 3.05) is 7.11 Å². The van der Waals surface area contributed by atoms with Crippen LogP contribution in [0.15, 0.2) is 24.3 Å². The van der Waals surface area contributed by atoms with Crippen molar-refractivity contribution >= 4 is 11.8 Å². The van der Waals surface area contributed by atoms with Crippen LogP contribution in [-0.4, -0.2) is 25.0 Å². The van der Waals surface area contributed by atoms with E-state index in [-0.39, 0.29) is 23.4 Å². The van der Waals surface area contributed by atoms with E-state index in [1.54, 1.807) is 7.11 Å². The Labute approximate surface area is 130 Å². The molecule has 1 saturated heterocycles. The van der Waals surface area contributed by atoms with Gasteiger partial charge in [0.1, 0.15) is 11.8 Å². The number of amides is 2. The molecule has 0 spiro atoms. The minimum atomic E-state index is -0.386. The molecule has 3 rings (SSSR count). The Morgan fingerprint density at radius 2 is 1.95 bits per heavy atom. The van der Waals surface area contributed by atoms with E-state index in [0.29, 0.717) is 12.8 Å². The van der Waals surface area contributed by atoms with Gasteiger partial charge in [0.2, 0.25) is 11.8 Å². The van der Waals surface area contributed by atoms with Crippen molar-refractivity contribution in [3.05, 3.63) is 29.8 Å². The molecule has 2 N–H and O–H groups in total. The number of hydrogen-bond donors (Lipinski definition) is 2. The molecule has 1 aliphatic carbocycles. The van der Waals surface area contributed by atoms with Crippen LogP contribution >= 0.6 is 0 Å². The van der Waals surface area contributed by atoms with Gasteiger partial charge < -0.3 is 15.4 Å². The second kappa shape index (κ2) is 5.99. The average Bonchev–Trinajstić information content (AvgIpc) is 3.17. The molecular formula is C17H22N2O3. The molecule has 1 atom stereocenters. The molecule has 1 aliphatic heterocycles. The Kier molecular flexibility index (Phi) is 4.05. The smallest absolute Gasteiger partial charge is 0.243 e. The highest BCUT2D eigenvalue weighted by molar-refractivity contribution is 5.91. The molecular weight excluding hydrogens is 280 g/mol. The van der Waals surface area contributed by atoms with Crippen molar-refractivity contribution in [2.24, 2.45) is 0 Å². The topological polar surface area (TPSA) is 67.4 Å². The van der Waals surface area contributed by atoms with Gasteiger partial charge in [0, 0.05) is 6.42 Å². The summed E-state index contributed by atoms with van der Waals surface area (Å²) in [7, 11) is 1.64. The highest BCUT2D eigenvalue weighted by atomic mass is 16.5. The van der Waals surface area contributed by atoms with Crippen LogP contribution in [-0.2, 0) is 15.1 Å². The van der Waals surface area contributed by atoms with E-state index in [9.17, 15) is 9.59 Å². The third-order valence-electron chi connectivity index (χ3n) is 4.77. The Morgan fingerprint density at radius 3 is 2.50 bits per heavy atom.